The quantitative estimate of drug-likeness (QED) is 0.747. The lowest BCUT2D eigenvalue weighted by molar-refractivity contribution is 0.374. The molecule has 2 N–H and O–H groups in total. The summed E-state index contributed by atoms with van der Waals surface area (Å²) in [5.74, 6) is 1.08. The van der Waals surface area contributed by atoms with Crippen molar-refractivity contribution in [3.05, 3.63) is 12.2 Å². The molecule has 13 heavy (non-hydrogen) atoms. The molecule has 0 aliphatic carbocycles. The second kappa shape index (κ2) is 3.68. The molecule has 1 heterocycles. The number of nitrogen functional groups attached to an aromatic ring is 1. The fraction of sp³-hybridized carbons (Fsp3) is 0.667. The van der Waals surface area contributed by atoms with Crippen molar-refractivity contribution in [2.75, 3.05) is 5.73 Å². The van der Waals surface area contributed by atoms with Crippen LogP contribution < -0.4 is 5.73 Å². The maximum absolute atomic E-state index is 5.44. The average Bonchev–Trinajstić information content (AvgIpc) is 2.00. The number of anilines is 1. The SMILES string of the molecule is CC(C)(C)CCc1ncnc(N)n1. The molecule has 0 spiro atoms. The monoisotopic (exact) mass is 180 g/mol. The fourth-order valence-electron chi connectivity index (χ4n) is 0.952. The molecule has 0 saturated carbocycles. The van der Waals surface area contributed by atoms with E-state index in [2.05, 4.69) is 35.7 Å². The highest BCUT2D eigenvalue weighted by atomic mass is 15.1. The van der Waals surface area contributed by atoms with E-state index in [1.165, 1.54) is 6.33 Å². The zero-order valence-corrected chi connectivity index (χ0v) is 8.41. The van der Waals surface area contributed by atoms with Gasteiger partial charge in [0.1, 0.15) is 12.2 Å². The predicted molar refractivity (Wildman–Crippen MR) is 52.0 cm³/mol. The van der Waals surface area contributed by atoms with E-state index in [1.807, 2.05) is 0 Å². The van der Waals surface area contributed by atoms with Crippen LogP contribution in [-0.4, -0.2) is 15.0 Å². The van der Waals surface area contributed by atoms with Crippen molar-refractivity contribution in [1.29, 1.82) is 0 Å². The van der Waals surface area contributed by atoms with E-state index in [0.29, 0.717) is 11.4 Å². The molecule has 0 aromatic carbocycles. The number of hydrogen-bond acceptors (Lipinski definition) is 4. The zero-order chi connectivity index (χ0) is 9.90. The maximum atomic E-state index is 5.44. The molecule has 0 fully saturated rings. The summed E-state index contributed by atoms with van der Waals surface area (Å²) in [6, 6.07) is 0. The highest BCUT2D eigenvalue weighted by Gasteiger charge is 2.11. The molecule has 0 bridgehead atoms. The van der Waals surface area contributed by atoms with Gasteiger partial charge in [0.25, 0.3) is 0 Å². The first-order valence-corrected chi connectivity index (χ1v) is 4.41. The highest BCUT2D eigenvalue weighted by molar-refractivity contribution is 5.12. The van der Waals surface area contributed by atoms with Crippen LogP contribution in [0.5, 0.6) is 0 Å². The smallest absolute Gasteiger partial charge is 0.223 e. The molecule has 1 aromatic heterocycles. The summed E-state index contributed by atoms with van der Waals surface area (Å²) in [4.78, 5) is 11.8. The number of hydrogen-bond donors (Lipinski definition) is 1. The third-order valence-electron chi connectivity index (χ3n) is 1.74. The maximum Gasteiger partial charge on any atom is 0.223 e. The Morgan fingerprint density at radius 2 is 2.00 bits per heavy atom. The van der Waals surface area contributed by atoms with Crippen molar-refractivity contribution in [2.24, 2.45) is 5.41 Å². The molecule has 0 atom stereocenters. The second-order valence-corrected chi connectivity index (χ2v) is 4.32. The minimum atomic E-state index is 0.305. The van der Waals surface area contributed by atoms with Crippen molar-refractivity contribution in [3.8, 4) is 0 Å². The molecule has 0 unspecified atom stereocenters. The Kier molecular flexibility index (Phi) is 2.80. The van der Waals surface area contributed by atoms with Gasteiger partial charge in [0, 0.05) is 6.42 Å². The number of nitrogens with zero attached hydrogens (tertiary/aromatic N) is 3. The Bertz CT molecular complexity index is 277. The van der Waals surface area contributed by atoms with E-state index in [1.54, 1.807) is 0 Å². The number of rotatable bonds is 2. The van der Waals surface area contributed by atoms with Gasteiger partial charge in [-0.2, -0.15) is 4.98 Å². The van der Waals surface area contributed by atoms with Gasteiger partial charge >= 0.3 is 0 Å². The van der Waals surface area contributed by atoms with Crippen molar-refractivity contribution in [2.45, 2.75) is 33.6 Å². The standard InChI is InChI=1S/C9H16N4/c1-9(2,3)5-4-7-11-6-12-8(10)13-7/h6H,4-5H2,1-3H3,(H2,10,11,12,13). The molecular formula is C9H16N4. The highest BCUT2D eigenvalue weighted by Crippen LogP contribution is 2.19. The van der Waals surface area contributed by atoms with Crippen molar-refractivity contribution in [1.82, 2.24) is 15.0 Å². The van der Waals surface area contributed by atoms with Crippen LogP contribution in [0.25, 0.3) is 0 Å². The molecule has 72 valence electrons. The Morgan fingerprint density at radius 1 is 1.31 bits per heavy atom. The second-order valence-electron chi connectivity index (χ2n) is 4.32. The summed E-state index contributed by atoms with van der Waals surface area (Å²) in [5.41, 5.74) is 5.74. The summed E-state index contributed by atoms with van der Waals surface area (Å²) in [6.07, 6.45) is 3.37. The van der Waals surface area contributed by atoms with Gasteiger partial charge in [-0.05, 0) is 11.8 Å². The van der Waals surface area contributed by atoms with Crippen LogP contribution in [0.1, 0.15) is 33.0 Å². The first kappa shape index (κ1) is 9.89. The molecule has 1 rings (SSSR count). The van der Waals surface area contributed by atoms with E-state index in [9.17, 15) is 0 Å². The van der Waals surface area contributed by atoms with E-state index in [0.717, 1.165) is 18.7 Å². The Balaban J connectivity index is 2.55. The van der Waals surface area contributed by atoms with Crippen molar-refractivity contribution in [3.63, 3.8) is 0 Å². The lowest BCUT2D eigenvalue weighted by Crippen LogP contribution is -2.09. The molecule has 0 radical (unpaired) electrons. The van der Waals surface area contributed by atoms with Crippen LogP contribution in [-0.2, 0) is 6.42 Å². The summed E-state index contributed by atoms with van der Waals surface area (Å²) < 4.78 is 0. The molecule has 0 saturated heterocycles. The van der Waals surface area contributed by atoms with Crippen LogP contribution in [0, 0.1) is 5.41 Å². The van der Waals surface area contributed by atoms with Crippen LogP contribution in [0.4, 0.5) is 5.95 Å². The number of nitrogens with two attached hydrogens (primary N) is 1. The largest absolute Gasteiger partial charge is 0.368 e. The van der Waals surface area contributed by atoms with E-state index in [-0.39, 0.29) is 0 Å². The van der Waals surface area contributed by atoms with Gasteiger partial charge in [-0.25, -0.2) is 9.97 Å². The van der Waals surface area contributed by atoms with Crippen LogP contribution in [0.15, 0.2) is 6.33 Å². The lowest BCUT2D eigenvalue weighted by Gasteiger charge is -2.16. The molecule has 0 aliphatic heterocycles. The van der Waals surface area contributed by atoms with E-state index >= 15 is 0 Å². The first-order valence-electron chi connectivity index (χ1n) is 4.41. The van der Waals surface area contributed by atoms with Gasteiger partial charge < -0.3 is 5.73 Å². The van der Waals surface area contributed by atoms with Gasteiger partial charge in [-0.3, -0.25) is 0 Å². The van der Waals surface area contributed by atoms with E-state index < -0.39 is 0 Å². The fourth-order valence-corrected chi connectivity index (χ4v) is 0.952. The summed E-state index contributed by atoms with van der Waals surface area (Å²) in [7, 11) is 0. The molecule has 1 aromatic rings. The minimum absolute atomic E-state index is 0.305. The van der Waals surface area contributed by atoms with Crippen molar-refractivity contribution >= 4 is 5.95 Å². The molecular weight excluding hydrogens is 164 g/mol. The third-order valence-corrected chi connectivity index (χ3v) is 1.74. The van der Waals surface area contributed by atoms with E-state index in [4.69, 9.17) is 5.73 Å². The summed E-state index contributed by atoms with van der Waals surface area (Å²) >= 11 is 0. The lowest BCUT2D eigenvalue weighted by atomic mass is 9.90. The van der Waals surface area contributed by atoms with Gasteiger partial charge in [-0.1, -0.05) is 20.8 Å². The molecule has 4 heteroatoms. The van der Waals surface area contributed by atoms with Crippen molar-refractivity contribution < 1.29 is 0 Å². The van der Waals surface area contributed by atoms with Crippen LogP contribution in [0.2, 0.25) is 0 Å². The zero-order valence-electron chi connectivity index (χ0n) is 8.41. The summed E-state index contributed by atoms with van der Waals surface area (Å²) in [6.45, 7) is 6.58. The molecule has 0 amide bonds. The topological polar surface area (TPSA) is 64.7 Å². The predicted octanol–water partition coefficient (Wildman–Crippen LogP) is 1.43. The van der Waals surface area contributed by atoms with Gasteiger partial charge in [-0.15, -0.1) is 0 Å². The minimum Gasteiger partial charge on any atom is -0.368 e. The third kappa shape index (κ3) is 3.83. The Morgan fingerprint density at radius 3 is 2.54 bits per heavy atom. The number of aryl methyl sites for hydroxylation is 1. The van der Waals surface area contributed by atoms with Gasteiger partial charge in [0.2, 0.25) is 5.95 Å². The summed E-state index contributed by atoms with van der Waals surface area (Å²) in [5, 5.41) is 0. The number of aromatic nitrogens is 3. The van der Waals surface area contributed by atoms with Crippen LogP contribution >= 0.6 is 0 Å². The normalized spacial score (nSPS) is 11.6. The first-order chi connectivity index (χ1) is 5.97. The van der Waals surface area contributed by atoms with Gasteiger partial charge in [0.05, 0.1) is 0 Å². The Hall–Kier alpha value is -1.19. The molecule has 4 nitrogen and oxygen atoms in total. The van der Waals surface area contributed by atoms with Gasteiger partial charge in [0.15, 0.2) is 0 Å². The average molecular weight is 180 g/mol. The Labute approximate surface area is 78.6 Å². The molecule has 0 aliphatic rings. The van der Waals surface area contributed by atoms with Crippen LogP contribution in [0.3, 0.4) is 0 Å².